The summed E-state index contributed by atoms with van der Waals surface area (Å²) in [5.41, 5.74) is 13.5. The molecule has 0 fully saturated rings. The van der Waals surface area contributed by atoms with Gasteiger partial charge in [-0.1, -0.05) is 147 Å². The third-order valence-corrected chi connectivity index (χ3v) is 14.0. The molecule has 0 amide bonds. The minimum absolute atomic E-state index is 0.171. The molecule has 0 N–H and O–H groups in total. The minimum atomic E-state index is -0.171. The average Bonchev–Trinajstić information content (AvgIpc) is 3.76. The van der Waals surface area contributed by atoms with Gasteiger partial charge in [0.1, 0.15) is 0 Å². The van der Waals surface area contributed by atoms with Crippen molar-refractivity contribution in [3.8, 4) is 33.4 Å². The van der Waals surface area contributed by atoms with Gasteiger partial charge in [-0.2, -0.15) is 0 Å². The van der Waals surface area contributed by atoms with Gasteiger partial charge in [0.25, 0.3) is 0 Å². The Labute approximate surface area is 348 Å². The molecule has 0 spiro atoms. The van der Waals surface area contributed by atoms with E-state index in [9.17, 15) is 0 Å². The molecular weight excluding hydrogens is 731 g/mol. The average molecular weight is 770 g/mol. The van der Waals surface area contributed by atoms with Crippen LogP contribution in [0.25, 0.3) is 85.9 Å². The van der Waals surface area contributed by atoms with Crippen LogP contribution in [0.1, 0.15) is 25.0 Å². The Balaban J connectivity index is 1.07. The summed E-state index contributed by atoms with van der Waals surface area (Å²) in [5.74, 6) is 0. The van der Waals surface area contributed by atoms with Crippen molar-refractivity contribution in [2.24, 2.45) is 0 Å². The second-order valence-corrected chi connectivity index (χ2v) is 17.6. The van der Waals surface area contributed by atoms with Crippen molar-refractivity contribution in [2.45, 2.75) is 19.3 Å². The highest BCUT2D eigenvalue weighted by atomic mass is 32.1. The first kappa shape index (κ1) is 34.1. The summed E-state index contributed by atoms with van der Waals surface area (Å²) in [5, 5.41) is 10.2. The van der Waals surface area contributed by atoms with E-state index in [1.54, 1.807) is 0 Å². The van der Waals surface area contributed by atoms with E-state index in [0.717, 1.165) is 17.1 Å². The highest BCUT2D eigenvalue weighted by molar-refractivity contribution is 7.25. The Morgan fingerprint density at radius 3 is 1.78 bits per heavy atom. The van der Waals surface area contributed by atoms with Gasteiger partial charge in [0.15, 0.2) is 0 Å². The minimum Gasteiger partial charge on any atom is -0.310 e. The lowest BCUT2D eigenvalue weighted by atomic mass is 9.81. The normalized spacial score (nSPS) is 13.1. The first-order valence-electron chi connectivity index (χ1n) is 20.5. The quantitative estimate of drug-likeness (QED) is 0.169. The van der Waals surface area contributed by atoms with Gasteiger partial charge in [-0.3, -0.25) is 0 Å². The number of nitrogens with zero attached hydrogens (tertiary/aromatic N) is 1. The van der Waals surface area contributed by atoms with Crippen molar-refractivity contribution < 1.29 is 0 Å². The molecule has 11 aromatic rings. The SMILES string of the molecule is CC1(C)c2cc(N(c3ccc(-c4ccc5sc6ccccc6c5c4)cc3)c3ccc4ccccc4c3-c3ccc4ccccc4c3)ccc2-c2cc3ccccc3cc21. The maximum absolute atomic E-state index is 2.49. The lowest BCUT2D eigenvalue weighted by Crippen LogP contribution is -2.17. The molecule has 1 aromatic heterocycles. The predicted octanol–water partition coefficient (Wildman–Crippen LogP) is 16.6. The Morgan fingerprint density at radius 2 is 0.966 bits per heavy atom. The van der Waals surface area contributed by atoms with Crippen LogP contribution in [0, 0.1) is 0 Å². The fraction of sp³-hybridized carbons (Fsp3) is 0.0526. The monoisotopic (exact) mass is 769 g/mol. The van der Waals surface area contributed by atoms with Gasteiger partial charge >= 0.3 is 0 Å². The Morgan fingerprint density at radius 1 is 0.373 bits per heavy atom. The fourth-order valence-electron chi connectivity index (χ4n) is 9.78. The molecule has 10 aromatic carbocycles. The predicted molar refractivity (Wildman–Crippen MR) is 255 cm³/mol. The van der Waals surface area contributed by atoms with E-state index in [4.69, 9.17) is 0 Å². The molecule has 12 rings (SSSR count). The van der Waals surface area contributed by atoms with E-state index in [0.29, 0.717) is 0 Å². The van der Waals surface area contributed by atoms with E-state index in [1.807, 2.05) is 11.3 Å². The summed E-state index contributed by atoms with van der Waals surface area (Å²) in [4.78, 5) is 2.49. The van der Waals surface area contributed by atoms with Crippen LogP contribution in [-0.2, 0) is 5.41 Å². The molecule has 278 valence electrons. The van der Waals surface area contributed by atoms with Crippen molar-refractivity contribution in [3.63, 3.8) is 0 Å². The van der Waals surface area contributed by atoms with Crippen molar-refractivity contribution in [2.75, 3.05) is 4.90 Å². The molecule has 0 saturated heterocycles. The van der Waals surface area contributed by atoms with Gasteiger partial charge in [0.2, 0.25) is 0 Å². The van der Waals surface area contributed by atoms with Gasteiger partial charge < -0.3 is 4.90 Å². The van der Waals surface area contributed by atoms with Crippen molar-refractivity contribution >= 4 is 80.9 Å². The number of thiophene rings is 1. The molecule has 1 heterocycles. The zero-order valence-electron chi connectivity index (χ0n) is 32.9. The van der Waals surface area contributed by atoms with Crippen LogP contribution in [0.15, 0.2) is 200 Å². The lowest BCUT2D eigenvalue weighted by Gasteiger charge is -2.30. The van der Waals surface area contributed by atoms with Crippen molar-refractivity contribution in [3.05, 3.63) is 211 Å². The summed E-state index contributed by atoms with van der Waals surface area (Å²) < 4.78 is 2.65. The fourth-order valence-corrected chi connectivity index (χ4v) is 10.9. The van der Waals surface area contributed by atoms with Crippen LogP contribution >= 0.6 is 11.3 Å². The Bertz CT molecular complexity index is 3480. The molecule has 59 heavy (non-hydrogen) atoms. The van der Waals surface area contributed by atoms with E-state index in [-0.39, 0.29) is 5.41 Å². The summed E-state index contributed by atoms with van der Waals surface area (Å²) >= 11 is 1.87. The number of benzene rings is 10. The van der Waals surface area contributed by atoms with Crippen LogP contribution in [0.5, 0.6) is 0 Å². The molecule has 0 radical (unpaired) electrons. The highest BCUT2D eigenvalue weighted by Crippen LogP contribution is 2.53. The standard InChI is InChI=1S/C57H39NS/c1-57(2)51-34-41-15-6-5-14-40(41)32-49(51)47-28-27-45(35-52(47)57)58(44-25-21-37(22-26-44)42-24-30-55-50(33-42)48-17-9-10-18-54(48)59-55)53-29-23-38-12-7-8-16-46(38)56(53)43-20-19-36-11-3-4-13-39(36)31-43/h3-35H,1-2H3. The molecule has 0 unspecified atom stereocenters. The second kappa shape index (κ2) is 13.0. The summed E-state index contributed by atoms with van der Waals surface area (Å²) in [6.45, 7) is 4.78. The summed E-state index contributed by atoms with van der Waals surface area (Å²) in [6, 6.07) is 74.6. The first-order chi connectivity index (χ1) is 29.0. The van der Waals surface area contributed by atoms with Crippen LogP contribution in [-0.4, -0.2) is 0 Å². The number of anilines is 3. The number of hydrogen-bond donors (Lipinski definition) is 0. The summed E-state index contributed by atoms with van der Waals surface area (Å²) in [7, 11) is 0. The van der Waals surface area contributed by atoms with Crippen molar-refractivity contribution in [1.82, 2.24) is 0 Å². The molecule has 2 heteroatoms. The number of rotatable bonds is 5. The maximum Gasteiger partial charge on any atom is 0.0546 e. The Hall–Kier alpha value is -7.00. The van der Waals surface area contributed by atoms with Crippen LogP contribution in [0.3, 0.4) is 0 Å². The van der Waals surface area contributed by atoms with E-state index in [2.05, 4.69) is 219 Å². The van der Waals surface area contributed by atoms with Gasteiger partial charge in [-0.25, -0.2) is 0 Å². The number of hydrogen-bond acceptors (Lipinski definition) is 2. The van der Waals surface area contributed by atoms with Crippen LogP contribution < -0.4 is 4.90 Å². The largest absolute Gasteiger partial charge is 0.310 e. The van der Waals surface area contributed by atoms with Crippen molar-refractivity contribution in [1.29, 1.82) is 0 Å². The zero-order valence-corrected chi connectivity index (χ0v) is 33.7. The number of fused-ring (bicyclic) bond motifs is 9. The molecule has 1 nitrogen and oxygen atoms in total. The molecule has 0 bridgehead atoms. The lowest BCUT2D eigenvalue weighted by molar-refractivity contribution is 0.661. The molecule has 0 aliphatic heterocycles. The highest BCUT2D eigenvalue weighted by Gasteiger charge is 2.36. The molecule has 1 aliphatic carbocycles. The molecule has 1 aliphatic rings. The second-order valence-electron chi connectivity index (χ2n) is 16.5. The van der Waals surface area contributed by atoms with E-state index < -0.39 is 0 Å². The molecule has 0 saturated carbocycles. The molecule has 0 atom stereocenters. The van der Waals surface area contributed by atoms with Crippen LogP contribution in [0.2, 0.25) is 0 Å². The van der Waals surface area contributed by atoms with Crippen LogP contribution in [0.4, 0.5) is 17.1 Å². The maximum atomic E-state index is 2.49. The van der Waals surface area contributed by atoms with Gasteiger partial charge in [-0.15, -0.1) is 11.3 Å². The van der Waals surface area contributed by atoms with E-state index in [1.165, 1.54) is 97.0 Å². The van der Waals surface area contributed by atoms with Gasteiger partial charge in [0.05, 0.1) is 5.69 Å². The first-order valence-corrected chi connectivity index (χ1v) is 21.3. The van der Waals surface area contributed by atoms with Gasteiger partial charge in [0, 0.05) is 42.5 Å². The third kappa shape index (κ3) is 5.37. The van der Waals surface area contributed by atoms with Gasteiger partial charge in [-0.05, 0) is 138 Å². The topological polar surface area (TPSA) is 3.24 Å². The Kier molecular flexibility index (Phi) is 7.51. The third-order valence-electron chi connectivity index (χ3n) is 12.8. The smallest absolute Gasteiger partial charge is 0.0546 e. The molecular formula is C57H39NS. The zero-order chi connectivity index (χ0) is 39.2. The summed E-state index contributed by atoms with van der Waals surface area (Å²) in [6.07, 6.45) is 0. The van der Waals surface area contributed by atoms with E-state index >= 15 is 0 Å².